The van der Waals surface area contributed by atoms with Gasteiger partial charge in [-0.1, -0.05) is 95.7 Å². The molecule has 0 bridgehead atoms. The number of thioether (sulfide) groups is 1. The van der Waals surface area contributed by atoms with Crippen molar-refractivity contribution in [1.82, 2.24) is 34.9 Å². The fourth-order valence-electron chi connectivity index (χ4n) is 8.71. The maximum atomic E-state index is 12.8. The molecule has 0 saturated heterocycles. The van der Waals surface area contributed by atoms with Gasteiger partial charge >= 0.3 is 0 Å². The number of nitrogen functional groups attached to an aromatic ring is 1. The molecule has 7 heterocycles. The van der Waals surface area contributed by atoms with Gasteiger partial charge in [0.2, 0.25) is 5.56 Å². The summed E-state index contributed by atoms with van der Waals surface area (Å²) in [6.45, 7) is 0.481. The molecule has 0 unspecified atom stereocenters. The average Bonchev–Trinajstić information content (AvgIpc) is 0.829. The van der Waals surface area contributed by atoms with Crippen molar-refractivity contribution >= 4 is 132 Å². The number of anilines is 1. The number of nitrogens with two attached hydrogens (primary N) is 2. The van der Waals surface area contributed by atoms with E-state index >= 15 is 0 Å². The van der Waals surface area contributed by atoms with Crippen LogP contribution in [-0.2, 0) is 11.6 Å². The number of hydrogen-bond donors (Lipinski definition) is 9. The first kappa shape index (κ1) is 76.9. The first-order valence-corrected chi connectivity index (χ1v) is 34.1. The van der Waals surface area contributed by atoms with Crippen LogP contribution in [0.25, 0.3) is 65.2 Å². The van der Waals surface area contributed by atoms with Crippen molar-refractivity contribution < 1.29 is 34.3 Å². The Morgan fingerprint density at radius 3 is 1.50 bits per heavy atom. The minimum absolute atomic E-state index is 0.00453. The Morgan fingerprint density at radius 2 is 1.06 bits per heavy atom. The zero-order chi connectivity index (χ0) is 71.9. The standard InChI is InChI=1S/C27H19ClN4O3S2.C17H13N3O3S.C10H7Cl2NS.C9H10O3.C5H6N2O.C2H2N2S/c28-18-5-1-17(2-6-18)26-31-19(14-36-26)15-37-27-21(13-29)23(24-22(32-27)9-10-30-25(24)34)16-3-7-20(8-4-16)35-12-11-33;18-9-12-14(10-1-3-11(4-2-10)23-8-7-21)15-13(20-17(12)24)5-6-19-16(15)22;11-5-9-6-14-10(13-9)7-1-3-8(12)4-2-7;10-5-6-12-9-3-1-8(7-11)2-4-9;6-4-1-2-7-5(8)3-4;3-1-2(4)5/h1-10,14,33H,11-12,15H2,(H,30,34);1-6,21H,7-8H2,(H,19,22)(H,20,24);1-4,6H,5H2;1-4,7,10H,5-6H2;1-3H,(H3,6,7,8);(H2,4,5). The number of pyridine rings is 5. The number of aliphatic hydroxyl groups is 3. The van der Waals surface area contributed by atoms with Crippen LogP contribution in [0, 0.1) is 38.6 Å². The monoisotopic (exact) mass is 1490 g/mol. The molecule has 12 aromatic rings. The molecular weight excluding hydrogens is 1440 g/mol. The van der Waals surface area contributed by atoms with E-state index in [0.717, 1.165) is 43.8 Å². The quantitative estimate of drug-likeness (QED) is 0.0167. The highest BCUT2D eigenvalue weighted by Crippen LogP contribution is 2.38. The number of hydrogen-bond acceptors (Lipinski definition) is 22. The smallest absolute Gasteiger partial charge is 0.258 e. The summed E-state index contributed by atoms with van der Waals surface area (Å²) in [7, 11) is 0. The summed E-state index contributed by atoms with van der Waals surface area (Å²) in [5.74, 6) is 2.80. The third-order valence-electron chi connectivity index (χ3n) is 13.1. The lowest BCUT2D eigenvalue weighted by atomic mass is 9.97. The number of aliphatic hydroxyl groups excluding tert-OH is 3. The second-order valence-corrected chi connectivity index (χ2v) is 24.6. The number of ether oxygens (including phenoxy) is 3. The molecule has 508 valence electrons. The molecule has 11 N–H and O–H groups in total. The molecule has 0 radical (unpaired) electrons. The van der Waals surface area contributed by atoms with Crippen LogP contribution in [0.1, 0.15) is 32.9 Å². The number of thiazole rings is 2. The van der Waals surface area contributed by atoms with Crippen LogP contribution in [0.15, 0.2) is 194 Å². The average molecular weight is 1490 g/mol. The summed E-state index contributed by atoms with van der Waals surface area (Å²) in [5.41, 5.74) is 18.1. The second kappa shape index (κ2) is 39.8. The second-order valence-electron chi connectivity index (χ2n) is 19.9. The zero-order valence-electron chi connectivity index (χ0n) is 52.2. The first-order valence-electron chi connectivity index (χ1n) is 29.3. The highest BCUT2D eigenvalue weighted by atomic mass is 35.5. The summed E-state index contributed by atoms with van der Waals surface area (Å²) in [5, 5.41) is 62.0. The molecule has 0 fully saturated rings. The Balaban J connectivity index is 0.000000190. The van der Waals surface area contributed by atoms with E-state index in [4.69, 9.17) is 92.5 Å². The maximum absolute atomic E-state index is 12.8. The Kier molecular flexibility index (Phi) is 30.7. The van der Waals surface area contributed by atoms with E-state index in [1.54, 1.807) is 109 Å². The minimum atomic E-state index is -0.319. The van der Waals surface area contributed by atoms with E-state index in [1.807, 2.05) is 59.3 Å². The third-order valence-corrected chi connectivity index (χ3v) is 17.2. The number of aromatic nitrogens is 7. The van der Waals surface area contributed by atoms with Crippen LogP contribution in [0.4, 0.5) is 5.69 Å². The van der Waals surface area contributed by atoms with Crippen molar-refractivity contribution in [3.63, 3.8) is 0 Å². The molecule has 30 heteroatoms. The van der Waals surface area contributed by atoms with Gasteiger partial charge in [0.25, 0.3) is 11.1 Å². The predicted octanol–water partition coefficient (Wildman–Crippen LogP) is 13.2. The van der Waals surface area contributed by atoms with Crippen LogP contribution in [0.5, 0.6) is 17.2 Å². The van der Waals surface area contributed by atoms with Gasteiger partial charge in [-0.2, -0.15) is 15.8 Å². The highest BCUT2D eigenvalue weighted by molar-refractivity contribution is 7.98. The van der Waals surface area contributed by atoms with Gasteiger partial charge in [0.05, 0.1) is 70.0 Å². The fraction of sp³-hybridized carbons (Fsp3) is 0.114. The highest BCUT2D eigenvalue weighted by Gasteiger charge is 2.21. The number of H-pyrrole nitrogens is 4. The first-order chi connectivity index (χ1) is 48.4. The van der Waals surface area contributed by atoms with Gasteiger partial charge in [-0.15, -0.1) is 34.3 Å². The minimum Gasteiger partial charge on any atom is -0.491 e. The molecule has 0 saturated carbocycles. The van der Waals surface area contributed by atoms with Crippen LogP contribution in [-0.4, -0.2) is 101 Å². The Bertz CT molecular complexity index is 5100. The lowest BCUT2D eigenvalue weighted by Crippen LogP contribution is -2.09. The Labute approximate surface area is 608 Å². The lowest BCUT2D eigenvalue weighted by Gasteiger charge is -2.13. The number of alkyl halides is 1. The molecule has 0 aliphatic heterocycles. The number of halogens is 3. The van der Waals surface area contributed by atoms with Crippen LogP contribution < -0.4 is 42.4 Å². The third kappa shape index (κ3) is 22.6. The number of nitriles is 3. The number of aromatic amines is 4. The predicted molar refractivity (Wildman–Crippen MR) is 400 cm³/mol. The van der Waals surface area contributed by atoms with Crippen molar-refractivity contribution in [2.75, 3.05) is 45.4 Å². The SMILES string of the molecule is ClCc1csc(-c2ccc(Cl)cc2)n1.N#CC(N)=S.N#Cc1c(-c2ccc(OCCO)cc2)c2c(=O)[nH]ccc2[nH]c1=S.N#Cc1c(SCc2csc(-c3ccc(Cl)cc3)n2)nc2cc[nH]c(=O)c2c1-c1ccc(OCCO)cc1.Nc1cc[nH]c(=O)c1.O=Cc1ccc(OCCO)cc1. The molecule has 22 nitrogen and oxygen atoms in total. The van der Waals surface area contributed by atoms with E-state index in [2.05, 4.69) is 60.0 Å². The van der Waals surface area contributed by atoms with Crippen molar-refractivity contribution in [2.45, 2.75) is 16.7 Å². The zero-order valence-corrected chi connectivity index (χ0v) is 58.5. The number of benzene rings is 5. The molecule has 0 spiro atoms. The van der Waals surface area contributed by atoms with Gasteiger partial charge in [-0.25, -0.2) is 15.0 Å². The molecule has 0 aliphatic rings. The topological polar surface area (TPSA) is 382 Å². The molecule has 0 atom stereocenters. The number of fused-ring (bicyclic) bond motifs is 2. The van der Waals surface area contributed by atoms with Gasteiger partial charge < -0.3 is 60.9 Å². The summed E-state index contributed by atoms with van der Waals surface area (Å²) in [4.78, 5) is 70.0. The number of aldehydes is 1. The molecular formula is C70H57Cl3N12O10S5. The van der Waals surface area contributed by atoms with Crippen molar-refractivity contribution in [3.8, 4) is 78.9 Å². The number of nitrogens with one attached hydrogen (secondary N) is 4. The number of nitrogens with zero attached hydrogens (tertiary/aromatic N) is 6. The van der Waals surface area contributed by atoms with Gasteiger partial charge in [0.1, 0.15) is 81.2 Å². The van der Waals surface area contributed by atoms with Gasteiger partial charge in [-0.05, 0) is 114 Å². The fourth-order valence-corrected chi connectivity index (χ4v) is 12.1. The van der Waals surface area contributed by atoms with Crippen LogP contribution >= 0.6 is 93.7 Å². The number of carbonyl (C=O) groups is 1. The van der Waals surface area contributed by atoms with E-state index in [1.165, 1.54) is 47.6 Å². The van der Waals surface area contributed by atoms with E-state index in [0.29, 0.717) is 99.8 Å². The largest absolute Gasteiger partial charge is 0.491 e. The van der Waals surface area contributed by atoms with Gasteiger partial charge in [-0.3, -0.25) is 19.2 Å². The normalized spacial score (nSPS) is 10.2. The lowest BCUT2D eigenvalue weighted by molar-refractivity contribution is 0.112. The summed E-state index contributed by atoms with van der Waals surface area (Å²) < 4.78 is 16.2. The summed E-state index contributed by atoms with van der Waals surface area (Å²) in [6.07, 6.45) is 5.36. The molecule has 7 aromatic heterocycles. The number of thiocarbonyl (C=S) groups is 1. The Hall–Kier alpha value is -10.4. The van der Waals surface area contributed by atoms with E-state index < -0.39 is 0 Å². The van der Waals surface area contributed by atoms with E-state index in [9.17, 15) is 29.7 Å². The maximum Gasteiger partial charge on any atom is 0.258 e. The summed E-state index contributed by atoms with van der Waals surface area (Å²) in [6, 6.07) is 48.2. The van der Waals surface area contributed by atoms with E-state index in [-0.39, 0.29) is 71.5 Å². The van der Waals surface area contributed by atoms with Crippen molar-refractivity contribution in [3.05, 3.63) is 249 Å². The molecule has 0 amide bonds. The number of carbonyl (C=O) groups excluding carboxylic acids is 1. The van der Waals surface area contributed by atoms with Crippen LogP contribution in [0.2, 0.25) is 10.0 Å². The molecule has 5 aromatic carbocycles. The molecule has 0 aliphatic carbocycles. The number of rotatable bonds is 18. The molecule has 12 rings (SSSR count). The van der Waals surface area contributed by atoms with Gasteiger partial charge in [0.15, 0.2) is 4.99 Å². The van der Waals surface area contributed by atoms with Crippen LogP contribution in [0.3, 0.4) is 0 Å². The van der Waals surface area contributed by atoms with Crippen molar-refractivity contribution in [2.24, 2.45) is 5.73 Å². The molecule has 100 heavy (non-hydrogen) atoms. The van der Waals surface area contributed by atoms with Gasteiger partial charge in [0, 0.05) is 84.7 Å². The summed E-state index contributed by atoms with van der Waals surface area (Å²) >= 11 is 31.4. The van der Waals surface area contributed by atoms with Crippen molar-refractivity contribution in [1.29, 1.82) is 15.8 Å². The Morgan fingerprint density at radius 1 is 0.610 bits per heavy atom.